The van der Waals surface area contributed by atoms with Crippen LogP contribution in [-0.2, 0) is 4.74 Å². The molecule has 2 aromatic rings. The minimum atomic E-state index is 0.596. The summed E-state index contributed by atoms with van der Waals surface area (Å²) in [5.41, 5.74) is 2.32. The molecule has 3 rings (SSSR count). The lowest BCUT2D eigenvalue weighted by molar-refractivity contribution is -0.887. The molecule has 0 aromatic heterocycles. The van der Waals surface area contributed by atoms with Gasteiger partial charge < -0.3 is 14.4 Å². The van der Waals surface area contributed by atoms with Gasteiger partial charge in [0, 0.05) is 18.4 Å². The summed E-state index contributed by atoms with van der Waals surface area (Å²) in [6, 6.07) is 18.5. The highest BCUT2D eigenvalue weighted by Crippen LogP contribution is 2.29. The Morgan fingerprint density at radius 1 is 0.783 bits per heavy atom. The van der Waals surface area contributed by atoms with Gasteiger partial charge in [0.2, 0.25) is 0 Å². The highest BCUT2D eigenvalue weighted by Gasteiger charge is 2.14. The van der Waals surface area contributed by atoms with Crippen molar-refractivity contribution in [3.05, 3.63) is 54.6 Å². The number of hydrogen-bond donors (Lipinski definition) is 1. The molecule has 2 aromatic carbocycles. The normalized spacial score (nSPS) is 15.0. The average Bonchev–Trinajstić information content (AvgIpc) is 3.12. The number of benzene rings is 2. The van der Waals surface area contributed by atoms with Crippen molar-refractivity contribution in [1.29, 1.82) is 0 Å². The predicted octanol–water partition coefficient (Wildman–Crippen LogP) is 2.43. The van der Waals surface area contributed by atoms with E-state index in [-0.39, 0.29) is 0 Å². The van der Waals surface area contributed by atoms with Gasteiger partial charge in [0.25, 0.3) is 0 Å². The van der Waals surface area contributed by atoms with Crippen LogP contribution in [0.15, 0.2) is 54.6 Å². The lowest BCUT2D eigenvalue weighted by Crippen LogP contribution is -3.10. The molecular formula is C20H26NO2+. The Morgan fingerprint density at radius 3 is 2.35 bits per heavy atom. The Balaban J connectivity index is 1.43. The monoisotopic (exact) mass is 312 g/mol. The summed E-state index contributed by atoms with van der Waals surface area (Å²) in [4.78, 5) is 1.68. The molecule has 0 radical (unpaired) electrons. The van der Waals surface area contributed by atoms with E-state index in [2.05, 4.69) is 30.3 Å². The molecule has 1 fully saturated rings. The molecule has 1 aliphatic heterocycles. The van der Waals surface area contributed by atoms with E-state index in [0.29, 0.717) is 13.2 Å². The molecule has 1 N–H and O–H groups in total. The van der Waals surface area contributed by atoms with E-state index in [1.54, 1.807) is 4.90 Å². The third-order valence-electron chi connectivity index (χ3n) is 4.37. The van der Waals surface area contributed by atoms with E-state index >= 15 is 0 Å². The Bertz CT molecular complexity index is 579. The number of ether oxygens (including phenoxy) is 2. The van der Waals surface area contributed by atoms with Gasteiger partial charge in [-0.3, -0.25) is 0 Å². The van der Waals surface area contributed by atoms with Gasteiger partial charge >= 0.3 is 0 Å². The van der Waals surface area contributed by atoms with Crippen LogP contribution in [0.2, 0.25) is 0 Å². The van der Waals surface area contributed by atoms with E-state index in [0.717, 1.165) is 24.5 Å². The molecule has 1 aliphatic rings. The van der Waals surface area contributed by atoms with Gasteiger partial charge in [0.1, 0.15) is 18.9 Å². The average molecular weight is 312 g/mol. The van der Waals surface area contributed by atoms with Crippen LogP contribution in [0, 0.1) is 0 Å². The quantitative estimate of drug-likeness (QED) is 0.757. The maximum atomic E-state index is 5.93. The Kier molecular flexibility index (Phi) is 6.07. The minimum absolute atomic E-state index is 0.596. The predicted molar refractivity (Wildman–Crippen MR) is 93.0 cm³/mol. The van der Waals surface area contributed by atoms with Gasteiger partial charge in [-0.1, -0.05) is 48.5 Å². The summed E-state index contributed by atoms with van der Waals surface area (Å²) in [6.07, 6.45) is 2.74. The zero-order valence-electron chi connectivity index (χ0n) is 13.7. The highest BCUT2D eigenvalue weighted by atomic mass is 16.5. The summed E-state index contributed by atoms with van der Waals surface area (Å²) in [5, 5.41) is 0. The molecule has 122 valence electrons. The third-order valence-corrected chi connectivity index (χ3v) is 4.37. The summed E-state index contributed by atoms with van der Waals surface area (Å²) in [7, 11) is 0. The van der Waals surface area contributed by atoms with Crippen LogP contribution in [-0.4, -0.2) is 39.5 Å². The molecular weight excluding hydrogens is 286 g/mol. The number of hydrogen-bond acceptors (Lipinski definition) is 2. The molecule has 3 heteroatoms. The summed E-state index contributed by atoms with van der Waals surface area (Å²) < 4.78 is 11.6. The van der Waals surface area contributed by atoms with E-state index in [1.165, 1.54) is 31.5 Å². The van der Waals surface area contributed by atoms with Gasteiger partial charge in [-0.25, -0.2) is 0 Å². The number of nitrogens with one attached hydrogen (secondary N) is 1. The van der Waals surface area contributed by atoms with Crippen molar-refractivity contribution in [2.75, 3.05) is 39.5 Å². The second-order valence-electron chi connectivity index (χ2n) is 6.03. The standard InChI is InChI=1S/C20H25NO2/c1-2-8-18(9-3-1)19-10-4-5-11-20(19)23-17-16-22-15-14-21-12-6-7-13-21/h1-5,8-11H,6-7,12-17H2/p+1. The fraction of sp³-hybridized carbons (Fsp3) is 0.400. The number of quaternary nitrogens is 1. The van der Waals surface area contributed by atoms with Gasteiger partial charge in [-0.2, -0.15) is 0 Å². The van der Waals surface area contributed by atoms with Crippen LogP contribution < -0.4 is 9.64 Å². The molecule has 0 amide bonds. The van der Waals surface area contributed by atoms with Crippen molar-refractivity contribution in [1.82, 2.24) is 0 Å². The fourth-order valence-electron chi connectivity index (χ4n) is 3.10. The Hall–Kier alpha value is -1.84. The second-order valence-corrected chi connectivity index (χ2v) is 6.03. The molecule has 23 heavy (non-hydrogen) atoms. The molecule has 0 saturated carbocycles. The number of para-hydroxylation sites is 1. The molecule has 0 unspecified atom stereocenters. The van der Waals surface area contributed by atoms with Crippen LogP contribution >= 0.6 is 0 Å². The van der Waals surface area contributed by atoms with Crippen molar-refractivity contribution in [3.63, 3.8) is 0 Å². The topological polar surface area (TPSA) is 22.9 Å². The molecule has 0 bridgehead atoms. The van der Waals surface area contributed by atoms with Crippen LogP contribution in [0.4, 0.5) is 0 Å². The lowest BCUT2D eigenvalue weighted by Gasteiger charge is -2.13. The van der Waals surface area contributed by atoms with Crippen molar-refractivity contribution in [3.8, 4) is 16.9 Å². The first kappa shape index (κ1) is 16.0. The minimum Gasteiger partial charge on any atom is -0.491 e. The largest absolute Gasteiger partial charge is 0.491 e. The van der Waals surface area contributed by atoms with Crippen molar-refractivity contribution in [2.24, 2.45) is 0 Å². The van der Waals surface area contributed by atoms with Gasteiger partial charge in [0.05, 0.1) is 26.3 Å². The van der Waals surface area contributed by atoms with Crippen LogP contribution in [0.3, 0.4) is 0 Å². The zero-order chi connectivity index (χ0) is 15.7. The summed E-state index contributed by atoms with van der Waals surface area (Å²) >= 11 is 0. The molecule has 1 heterocycles. The zero-order valence-corrected chi connectivity index (χ0v) is 13.7. The van der Waals surface area contributed by atoms with Crippen LogP contribution in [0.5, 0.6) is 5.75 Å². The van der Waals surface area contributed by atoms with E-state index in [1.807, 2.05) is 24.3 Å². The molecule has 1 saturated heterocycles. The van der Waals surface area contributed by atoms with Crippen molar-refractivity contribution < 1.29 is 14.4 Å². The van der Waals surface area contributed by atoms with E-state index < -0.39 is 0 Å². The Labute approximate surface area is 138 Å². The number of rotatable bonds is 8. The molecule has 0 spiro atoms. The number of likely N-dealkylation sites (tertiary alicyclic amines) is 1. The highest BCUT2D eigenvalue weighted by molar-refractivity contribution is 5.70. The second kappa shape index (κ2) is 8.70. The van der Waals surface area contributed by atoms with Crippen molar-refractivity contribution in [2.45, 2.75) is 12.8 Å². The molecule has 3 nitrogen and oxygen atoms in total. The SMILES string of the molecule is c1ccc(-c2ccccc2OCCOCC[NH+]2CCCC2)cc1. The van der Waals surface area contributed by atoms with Gasteiger partial charge in [0.15, 0.2) is 0 Å². The van der Waals surface area contributed by atoms with Gasteiger partial charge in [-0.05, 0) is 11.6 Å². The van der Waals surface area contributed by atoms with Crippen molar-refractivity contribution >= 4 is 0 Å². The van der Waals surface area contributed by atoms with Gasteiger partial charge in [-0.15, -0.1) is 0 Å². The van der Waals surface area contributed by atoms with E-state index in [9.17, 15) is 0 Å². The first-order valence-corrected chi connectivity index (χ1v) is 8.62. The smallest absolute Gasteiger partial charge is 0.127 e. The van der Waals surface area contributed by atoms with E-state index in [4.69, 9.17) is 9.47 Å². The first-order valence-electron chi connectivity index (χ1n) is 8.62. The lowest BCUT2D eigenvalue weighted by atomic mass is 10.1. The first-order chi connectivity index (χ1) is 11.4. The third kappa shape index (κ3) is 4.81. The summed E-state index contributed by atoms with van der Waals surface area (Å²) in [5.74, 6) is 0.924. The maximum Gasteiger partial charge on any atom is 0.127 e. The molecule has 0 aliphatic carbocycles. The van der Waals surface area contributed by atoms with Crippen LogP contribution in [0.1, 0.15) is 12.8 Å². The maximum absolute atomic E-state index is 5.93. The molecule has 0 atom stereocenters. The van der Waals surface area contributed by atoms with Crippen LogP contribution in [0.25, 0.3) is 11.1 Å². The summed E-state index contributed by atoms with van der Waals surface area (Å²) in [6.45, 7) is 5.82. The Morgan fingerprint density at radius 2 is 1.52 bits per heavy atom. The fourth-order valence-corrected chi connectivity index (χ4v) is 3.10.